The fourth-order valence-electron chi connectivity index (χ4n) is 2.10. The number of hydrogen-bond acceptors (Lipinski definition) is 3. The van der Waals surface area contributed by atoms with Crippen molar-refractivity contribution in [2.75, 3.05) is 6.54 Å². The zero-order valence-electron chi connectivity index (χ0n) is 12.9. The van der Waals surface area contributed by atoms with Gasteiger partial charge < -0.3 is 5.32 Å². The minimum Gasteiger partial charge on any atom is -0.350 e. The zero-order valence-corrected chi connectivity index (χ0v) is 12.9. The molecule has 0 saturated carbocycles. The van der Waals surface area contributed by atoms with Crippen LogP contribution in [0.4, 0.5) is 0 Å². The van der Waals surface area contributed by atoms with Gasteiger partial charge in [0, 0.05) is 11.9 Å². The molecule has 2 rings (SSSR count). The van der Waals surface area contributed by atoms with E-state index in [4.69, 9.17) is 0 Å². The molecule has 5 heteroatoms. The van der Waals surface area contributed by atoms with Gasteiger partial charge in [-0.05, 0) is 25.8 Å². The molecule has 2 aromatic rings. The molecule has 5 nitrogen and oxygen atoms in total. The molecule has 0 aliphatic rings. The summed E-state index contributed by atoms with van der Waals surface area (Å²) in [4.78, 5) is 24.7. The van der Waals surface area contributed by atoms with Gasteiger partial charge in [-0.1, -0.05) is 32.0 Å². The van der Waals surface area contributed by atoms with Gasteiger partial charge in [0.25, 0.3) is 11.5 Å². The highest BCUT2D eigenvalue weighted by atomic mass is 16.2. The number of rotatable bonds is 4. The van der Waals surface area contributed by atoms with Crippen LogP contribution in [-0.4, -0.2) is 22.2 Å². The van der Waals surface area contributed by atoms with E-state index in [9.17, 15) is 9.59 Å². The second-order valence-electron chi connectivity index (χ2n) is 5.84. The van der Waals surface area contributed by atoms with Gasteiger partial charge in [-0.25, -0.2) is 4.68 Å². The first-order valence-corrected chi connectivity index (χ1v) is 7.21. The fraction of sp³-hybridized carbons (Fsp3) is 0.438. The number of fused-ring (bicyclic) bond motifs is 1. The van der Waals surface area contributed by atoms with Gasteiger partial charge in [0.2, 0.25) is 0 Å². The van der Waals surface area contributed by atoms with Crippen molar-refractivity contribution in [2.45, 2.75) is 33.7 Å². The number of carbonyl (C=O) groups excluding carboxylic acids is 1. The number of amides is 1. The lowest BCUT2D eigenvalue weighted by Gasteiger charge is -2.14. The first-order chi connectivity index (χ1) is 9.91. The predicted octanol–water partition coefficient (Wildman–Crippen LogP) is 2.36. The van der Waals surface area contributed by atoms with Crippen LogP contribution in [0.25, 0.3) is 10.8 Å². The van der Waals surface area contributed by atoms with Crippen LogP contribution in [0.1, 0.15) is 44.2 Å². The van der Waals surface area contributed by atoms with E-state index < -0.39 is 0 Å². The highest BCUT2D eigenvalue weighted by Crippen LogP contribution is 2.14. The molecule has 0 fully saturated rings. The quantitative estimate of drug-likeness (QED) is 0.939. The molecule has 0 saturated heterocycles. The molecule has 0 atom stereocenters. The van der Waals surface area contributed by atoms with E-state index >= 15 is 0 Å². The first kappa shape index (κ1) is 15.2. The Hall–Kier alpha value is -2.17. The highest BCUT2D eigenvalue weighted by Gasteiger charge is 2.17. The van der Waals surface area contributed by atoms with Gasteiger partial charge >= 0.3 is 0 Å². The van der Waals surface area contributed by atoms with Gasteiger partial charge in [0.1, 0.15) is 0 Å². The van der Waals surface area contributed by atoms with Crippen molar-refractivity contribution in [1.82, 2.24) is 15.1 Å². The van der Waals surface area contributed by atoms with Crippen LogP contribution in [0.3, 0.4) is 0 Å². The van der Waals surface area contributed by atoms with Crippen LogP contribution in [-0.2, 0) is 0 Å². The van der Waals surface area contributed by atoms with Crippen LogP contribution in [0, 0.1) is 5.92 Å². The van der Waals surface area contributed by atoms with E-state index in [1.54, 1.807) is 18.2 Å². The molecule has 0 bridgehead atoms. The lowest BCUT2D eigenvalue weighted by Crippen LogP contribution is -2.33. The maximum Gasteiger partial charge on any atom is 0.274 e. The Labute approximate surface area is 124 Å². The molecule has 1 heterocycles. The van der Waals surface area contributed by atoms with Gasteiger partial charge in [-0.2, -0.15) is 5.10 Å². The molecule has 0 aliphatic carbocycles. The van der Waals surface area contributed by atoms with Gasteiger partial charge in [0.15, 0.2) is 5.69 Å². The summed E-state index contributed by atoms with van der Waals surface area (Å²) >= 11 is 0. The Morgan fingerprint density at radius 3 is 2.38 bits per heavy atom. The molecule has 1 N–H and O–H groups in total. The molecule has 0 unspecified atom stereocenters. The highest BCUT2D eigenvalue weighted by molar-refractivity contribution is 6.04. The minimum atomic E-state index is -0.241. The molecule has 112 valence electrons. The minimum absolute atomic E-state index is 0.0984. The zero-order chi connectivity index (χ0) is 15.6. The van der Waals surface area contributed by atoms with Crippen LogP contribution in [0.2, 0.25) is 0 Å². The molecule has 1 amide bonds. The summed E-state index contributed by atoms with van der Waals surface area (Å²) in [5.41, 5.74) is 0.139. The van der Waals surface area contributed by atoms with Crippen molar-refractivity contribution in [3.63, 3.8) is 0 Å². The van der Waals surface area contributed by atoms with Crippen molar-refractivity contribution in [3.05, 3.63) is 40.3 Å². The fourth-order valence-corrected chi connectivity index (χ4v) is 2.10. The molecule has 1 aromatic heterocycles. The Bertz CT molecular complexity index is 717. The Kier molecular flexibility index (Phi) is 4.40. The average molecular weight is 287 g/mol. The monoisotopic (exact) mass is 287 g/mol. The largest absolute Gasteiger partial charge is 0.350 e. The number of nitrogens with one attached hydrogen (secondary N) is 1. The maximum atomic E-state index is 12.4. The summed E-state index contributed by atoms with van der Waals surface area (Å²) in [6, 6.07) is 7.00. The smallest absolute Gasteiger partial charge is 0.274 e. The Balaban J connectivity index is 2.59. The summed E-state index contributed by atoms with van der Waals surface area (Å²) in [6.45, 7) is 8.38. The molecule has 0 radical (unpaired) electrons. The normalized spacial score (nSPS) is 11.3. The van der Waals surface area contributed by atoms with E-state index in [0.717, 1.165) is 0 Å². The number of benzene rings is 1. The summed E-state index contributed by atoms with van der Waals surface area (Å²) in [7, 11) is 0. The summed E-state index contributed by atoms with van der Waals surface area (Å²) < 4.78 is 1.37. The van der Waals surface area contributed by atoms with E-state index in [2.05, 4.69) is 10.4 Å². The summed E-state index contributed by atoms with van der Waals surface area (Å²) in [5, 5.41) is 8.25. The van der Waals surface area contributed by atoms with Gasteiger partial charge in [0.05, 0.1) is 11.4 Å². The molecule has 1 aromatic carbocycles. The van der Waals surface area contributed by atoms with Crippen molar-refractivity contribution in [3.8, 4) is 0 Å². The topological polar surface area (TPSA) is 64.0 Å². The lowest BCUT2D eigenvalue weighted by molar-refractivity contribution is 0.0943. The predicted molar refractivity (Wildman–Crippen MR) is 83.6 cm³/mol. The van der Waals surface area contributed by atoms with Crippen molar-refractivity contribution in [2.24, 2.45) is 5.92 Å². The van der Waals surface area contributed by atoms with Crippen LogP contribution in [0.15, 0.2) is 29.1 Å². The first-order valence-electron chi connectivity index (χ1n) is 7.21. The van der Waals surface area contributed by atoms with Gasteiger partial charge in [-0.3, -0.25) is 9.59 Å². The maximum absolute atomic E-state index is 12.4. The number of hydrogen-bond donors (Lipinski definition) is 1. The van der Waals surface area contributed by atoms with E-state index in [1.165, 1.54) is 4.68 Å². The summed E-state index contributed by atoms with van der Waals surface area (Å²) in [5.74, 6) is 0.116. The van der Waals surface area contributed by atoms with Crippen molar-refractivity contribution in [1.29, 1.82) is 0 Å². The molecular weight excluding hydrogens is 266 g/mol. The number of nitrogens with zero attached hydrogens (tertiary/aromatic N) is 2. The third kappa shape index (κ3) is 3.12. The average Bonchev–Trinajstić information content (AvgIpc) is 2.45. The van der Waals surface area contributed by atoms with Gasteiger partial charge in [-0.15, -0.1) is 0 Å². The SMILES string of the molecule is CC(C)CNC(=O)c1nn(C(C)C)c(=O)c2ccccc12. The summed E-state index contributed by atoms with van der Waals surface area (Å²) in [6.07, 6.45) is 0. The van der Waals surface area contributed by atoms with E-state index in [-0.39, 0.29) is 17.5 Å². The van der Waals surface area contributed by atoms with Crippen molar-refractivity contribution < 1.29 is 4.79 Å². The molecular formula is C16H21N3O2. The van der Waals surface area contributed by atoms with Crippen LogP contribution >= 0.6 is 0 Å². The molecule has 21 heavy (non-hydrogen) atoms. The lowest BCUT2D eigenvalue weighted by atomic mass is 10.1. The molecule has 0 aliphatic heterocycles. The molecule has 0 spiro atoms. The second-order valence-corrected chi connectivity index (χ2v) is 5.84. The van der Waals surface area contributed by atoms with Crippen molar-refractivity contribution >= 4 is 16.7 Å². The van der Waals surface area contributed by atoms with E-state index in [1.807, 2.05) is 33.8 Å². The second kappa shape index (κ2) is 6.08. The van der Waals surface area contributed by atoms with Crippen LogP contribution in [0.5, 0.6) is 0 Å². The number of aromatic nitrogens is 2. The standard InChI is InChI=1S/C16H21N3O2/c1-10(2)9-17-15(20)14-12-7-5-6-8-13(12)16(21)19(18-14)11(3)4/h5-8,10-11H,9H2,1-4H3,(H,17,20). The van der Waals surface area contributed by atoms with E-state index in [0.29, 0.717) is 28.9 Å². The Morgan fingerprint density at radius 2 is 1.81 bits per heavy atom. The Morgan fingerprint density at radius 1 is 1.19 bits per heavy atom. The third-order valence-corrected chi connectivity index (χ3v) is 3.20. The number of carbonyl (C=O) groups is 1. The van der Waals surface area contributed by atoms with Crippen LogP contribution < -0.4 is 10.9 Å². The third-order valence-electron chi connectivity index (χ3n) is 3.20.